The summed E-state index contributed by atoms with van der Waals surface area (Å²) in [5, 5.41) is 0. The molecule has 0 saturated heterocycles. The number of aldehydes is 1. The summed E-state index contributed by atoms with van der Waals surface area (Å²) < 4.78 is 10.2. The zero-order valence-corrected chi connectivity index (χ0v) is 9.92. The molecule has 0 radical (unpaired) electrons. The second-order valence-corrected chi connectivity index (χ2v) is 4.08. The van der Waals surface area contributed by atoms with Gasteiger partial charge in [0.15, 0.2) is 5.78 Å². The van der Waals surface area contributed by atoms with E-state index in [9.17, 15) is 14.4 Å². The number of carbonyl (C=O) groups excluding carboxylic acids is 3. The van der Waals surface area contributed by atoms with Crippen molar-refractivity contribution in [2.24, 2.45) is 5.92 Å². The summed E-state index contributed by atoms with van der Waals surface area (Å²) in [4.78, 5) is 32.7. The molecule has 0 fully saturated rings. The Labute approximate surface area is 99.8 Å². The minimum atomic E-state index is -0.624. The molecular weight excluding hydrogens is 224 g/mol. The van der Waals surface area contributed by atoms with Crippen molar-refractivity contribution in [2.75, 3.05) is 6.61 Å². The summed E-state index contributed by atoms with van der Waals surface area (Å²) in [6.45, 7) is 3.12. The highest BCUT2D eigenvalue weighted by molar-refractivity contribution is 5.94. The van der Waals surface area contributed by atoms with Gasteiger partial charge in [-0.25, -0.2) is 0 Å². The van der Waals surface area contributed by atoms with Gasteiger partial charge in [0, 0.05) is 12.8 Å². The molecule has 0 aromatic carbocycles. The molecule has 3 atom stereocenters. The minimum absolute atomic E-state index is 0.0884. The number of ether oxygens (including phenoxy) is 2. The first-order valence-corrected chi connectivity index (χ1v) is 5.49. The summed E-state index contributed by atoms with van der Waals surface area (Å²) in [5.74, 6) is -0.778. The second-order valence-electron chi connectivity index (χ2n) is 4.08. The molecule has 5 nitrogen and oxygen atoms in total. The van der Waals surface area contributed by atoms with Gasteiger partial charge in [-0.2, -0.15) is 0 Å². The zero-order valence-electron chi connectivity index (χ0n) is 9.92. The molecule has 5 heteroatoms. The van der Waals surface area contributed by atoms with E-state index in [2.05, 4.69) is 0 Å². The highest BCUT2D eigenvalue weighted by atomic mass is 16.6. The van der Waals surface area contributed by atoms with Crippen molar-refractivity contribution in [2.45, 2.75) is 32.5 Å². The quantitative estimate of drug-likeness (QED) is 0.521. The second kappa shape index (κ2) is 6.30. The van der Waals surface area contributed by atoms with E-state index in [0.717, 1.165) is 6.29 Å². The van der Waals surface area contributed by atoms with Crippen LogP contribution in [0.1, 0.15) is 20.3 Å². The maximum Gasteiger partial charge on any atom is 0.302 e. The summed E-state index contributed by atoms with van der Waals surface area (Å²) in [7, 11) is 0. The van der Waals surface area contributed by atoms with Crippen LogP contribution in [0.4, 0.5) is 0 Å². The van der Waals surface area contributed by atoms with Crippen molar-refractivity contribution in [3.63, 3.8) is 0 Å². The van der Waals surface area contributed by atoms with Crippen LogP contribution in [-0.4, -0.2) is 36.9 Å². The molecule has 1 unspecified atom stereocenters. The molecule has 0 aromatic heterocycles. The third kappa shape index (κ3) is 4.48. The van der Waals surface area contributed by atoms with Crippen LogP contribution in [0.2, 0.25) is 0 Å². The standard InChI is InChI=1S/C12H16O5/c1-8(6-13)5-12-11(15)4-3-10(17-12)7-16-9(2)14/h3-4,6,8,10,12H,5,7H2,1-2H3/t8?,10-,12+/m0/s1. The average Bonchev–Trinajstić information content (AvgIpc) is 2.29. The summed E-state index contributed by atoms with van der Waals surface area (Å²) in [6.07, 6.45) is 3.08. The Morgan fingerprint density at radius 3 is 2.94 bits per heavy atom. The minimum Gasteiger partial charge on any atom is -0.463 e. The number of rotatable bonds is 5. The SMILES string of the molecule is CC(=O)OC[C@@H]1C=CC(=O)[C@@H](CC(C)C=O)O1. The van der Waals surface area contributed by atoms with Gasteiger partial charge in [0.1, 0.15) is 25.1 Å². The molecule has 0 aliphatic carbocycles. The monoisotopic (exact) mass is 240 g/mol. The molecule has 1 aliphatic heterocycles. The Bertz CT molecular complexity index is 334. The molecule has 0 aromatic rings. The smallest absolute Gasteiger partial charge is 0.302 e. The molecule has 0 N–H and O–H groups in total. The van der Waals surface area contributed by atoms with Gasteiger partial charge in [0.05, 0.1) is 0 Å². The molecule has 94 valence electrons. The maximum absolute atomic E-state index is 11.5. The molecule has 1 rings (SSSR count). The lowest BCUT2D eigenvalue weighted by molar-refractivity contribution is -0.147. The number of hydrogen-bond acceptors (Lipinski definition) is 5. The van der Waals surface area contributed by atoms with E-state index >= 15 is 0 Å². The van der Waals surface area contributed by atoms with Crippen molar-refractivity contribution in [1.29, 1.82) is 0 Å². The normalized spacial score (nSPS) is 25.4. The molecule has 0 saturated carbocycles. The van der Waals surface area contributed by atoms with Crippen LogP contribution < -0.4 is 0 Å². The van der Waals surface area contributed by atoms with Crippen molar-refractivity contribution in [1.82, 2.24) is 0 Å². The molecular formula is C12H16O5. The van der Waals surface area contributed by atoms with Gasteiger partial charge in [0.2, 0.25) is 0 Å². The van der Waals surface area contributed by atoms with Gasteiger partial charge in [-0.3, -0.25) is 9.59 Å². The Hall–Kier alpha value is -1.49. The zero-order chi connectivity index (χ0) is 12.8. The highest BCUT2D eigenvalue weighted by Crippen LogP contribution is 2.16. The third-order valence-corrected chi connectivity index (χ3v) is 2.40. The lowest BCUT2D eigenvalue weighted by atomic mass is 10.00. The predicted molar refractivity (Wildman–Crippen MR) is 59.3 cm³/mol. The Morgan fingerprint density at radius 1 is 1.65 bits per heavy atom. The summed E-state index contributed by atoms with van der Waals surface area (Å²) in [5.41, 5.74) is 0. The van der Waals surface area contributed by atoms with Crippen molar-refractivity contribution in [3.8, 4) is 0 Å². The summed E-state index contributed by atoms with van der Waals surface area (Å²) >= 11 is 0. The van der Waals surface area contributed by atoms with Crippen LogP contribution in [0, 0.1) is 5.92 Å². The largest absolute Gasteiger partial charge is 0.463 e. The number of carbonyl (C=O) groups is 3. The lowest BCUT2D eigenvalue weighted by Gasteiger charge is -2.25. The van der Waals surface area contributed by atoms with Gasteiger partial charge in [-0.1, -0.05) is 6.92 Å². The molecule has 1 aliphatic rings. The van der Waals surface area contributed by atoms with E-state index < -0.39 is 18.2 Å². The fraction of sp³-hybridized carbons (Fsp3) is 0.583. The van der Waals surface area contributed by atoms with E-state index in [4.69, 9.17) is 9.47 Å². The van der Waals surface area contributed by atoms with Crippen LogP contribution in [0.15, 0.2) is 12.2 Å². The Kier molecular flexibility index (Phi) is 5.03. The van der Waals surface area contributed by atoms with E-state index in [1.807, 2.05) is 0 Å². The average molecular weight is 240 g/mol. The molecule has 17 heavy (non-hydrogen) atoms. The molecule has 0 bridgehead atoms. The first kappa shape index (κ1) is 13.6. The molecule has 1 heterocycles. The molecule has 0 amide bonds. The topological polar surface area (TPSA) is 69.7 Å². The van der Waals surface area contributed by atoms with Crippen molar-refractivity contribution in [3.05, 3.63) is 12.2 Å². The van der Waals surface area contributed by atoms with Gasteiger partial charge >= 0.3 is 5.97 Å². The van der Waals surface area contributed by atoms with E-state index in [1.165, 1.54) is 13.0 Å². The lowest BCUT2D eigenvalue weighted by Crippen LogP contribution is -2.35. The van der Waals surface area contributed by atoms with Crippen LogP contribution in [0.5, 0.6) is 0 Å². The van der Waals surface area contributed by atoms with Crippen molar-refractivity contribution >= 4 is 18.0 Å². The predicted octanol–water partition coefficient (Wildman–Crippen LogP) is 0.667. The van der Waals surface area contributed by atoms with Gasteiger partial charge in [-0.15, -0.1) is 0 Å². The highest BCUT2D eigenvalue weighted by Gasteiger charge is 2.27. The number of esters is 1. The van der Waals surface area contributed by atoms with Crippen molar-refractivity contribution < 1.29 is 23.9 Å². The maximum atomic E-state index is 11.5. The summed E-state index contributed by atoms with van der Waals surface area (Å²) in [6, 6.07) is 0. The van der Waals surface area contributed by atoms with E-state index in [1.54, 1.807) is 13.0 Å². The Morgan fingerprint density at radius 2 is 2.35 bits per heavy atom. The van der Waals surface area contributed by atoms with E-state index in [-0.39, 0.29) is 18.3 Å². The Balaban J connectivity index is 2.51. The first-order chi connectivity index (χ1) is 8.02. The first-order valence-electron chi connectivity index (χ1n) is 5.49. The fourth-order valence-corrected chi connectivity index (χ4v) is 1.49. The number of ketones is 1. The van der Waals surface area contributed by atoms with Gasteiger partial charge < -0.3 is 14.3 Å². The molecule has 0 spiro atoms. The fourth-order valence-electron chi connectivity index (χ4n) is 1.49. The van der Waals surface area contributed by atoms with Crippen LogP contribution in [-0.2, 0) is 23.9 Å². The van der Waals surface area contributed by atoms with Crippen LogP contribution in [0.25, 0.3) is 0 Å². The van der Waals surface area contributed by atoms with Crippen LogP contribution in [0.3, 0.4) is 0 Å². The van der Waals surface area contributed by atoms with E-state index in [0.29, 0.717) is 6.42 Å². The van der Waals surface area contributed by atoms with Crippen LogP contribution >= 0.6 is 0 Å². The van der Waals surface area contributed by atoms with Gasteiger partial charge in [-0.05, 0) is 18.6 Å². The third-order valence-electron chi connectivity index (χ3n) is 2.40. The number of hydrogen-bond donors (Lipinski definition) is 0. The van der Waals surface area contributed by atoms with Gasteiger partial charge in [0.25, 0.3) is 0 Å².